The van der Waals surface area contributed by atoms with Crippen molar-refractivity contribution in [3.05, 3.63) is 0 Å². The van der Waals surface area contributed by atoms with E-state index in [1.54, 1.807) is 0 Å². The molecule has 0 spiro atoms. The van der Waals surface area contributed by atoms with Crippen LogP contribution in [0.4, 0.5) is 0 Å². The molecule has 0 aromatic heterocycles. The van der Waals surface area contributed by atoms with E-state index in [1.807, 2.05) is 0 Å². The molecule has 0 aliphatic carbocycles. The average Bonchev–Trinajstić information content (AvgIpc) is 1.76. The van der Waals surface area contributed by atoms with Gasteiger partial charge in [0, 0.05) is 0 Å². The third-order valence-electron chi connectivity index (χ3n) is 0. The quantitative estimate of drug-likeness (QED) is 0.171. The van der Waals surface area contributed by atoms with Gasteiger partial charge in [0.2, 0.25) is 0 Å². The minimum atomic E-state index is -2.17. The zero-order chi connectivity index (χ0) is 14.3. The first-order chi connectivity index (χ1) is 6.93. The fourth-order valence-corrected chi connectivity index (χ4v) is 0. The first-order valence-corrected chi connectivity index (χ1v) is 3.10. The van der Waals surface area contributed by atoms with E-state index in [2.05, 4.69) is 0 Å². The highest BCUT2D eigenvalue weighted by molar-refractivity contribution is 6.31. The lowest BCUT2D eigenvalue weighted by Gasteiger charge is -1.69. The second-order valence-electron chi connectivity index (χ2n) is 1.39. The number of hydrogen-bond acceptors (Lipinski definition) is 12. The molecule has 24 heavy (non-hydrogen) atoms. The molecule has 160 valence electrons. The van der Waals surface area contributed by atoms with Gasteiger partial charge in [0.15, 0.2) is 0 Å². The fourth-order valence-electron chi connectivity index (χ4n) is 0. The Bertz CT molecular complexity index is 58.6. The van der Waals surface area contributed by atoms with Crippen LogP contribution in [0.25, 0.3) is 0 Å². The van der Waals surface area contributed by atoms with Crippen LogP contribution in [-0.2, 0) is 0 Å². The van der Waals surface area contributed by atoms with Crippen molar-refractivity contribution < 1.29 is 104 Å². The zero-order valence-corrected chi connectivity index (χ0v) is 11.7. The molecule has 0 aromatic carbocycles. The highest BCUT2D eigenvalue weighted by Crippen LogP contribution is 1.41. The van der Waals surface area contributed by atoms with Crippen LogP contribution in [0.1, 0.15) is 0 Å². The van der Waals surface area contributed by atoms with Gasteiger partial charge in [-0.25, -0.2) is 0 Å². The molecular formula is H28B4O20. The molecule has 0 saturated carbocycles. The first kappa shape index (κ1) is 90.1. The van der Waals surface area contributed by atoms with Gasteiger partial charge in [0.25, 0.3) is 0 Å². The summed E-state index contributed by atoms with van der Waals surface area (Å²) in [7, 11) is -8.67. The summed E-state index contributed by atoms with van der Waals surface area (Å²) in [6.45, 7) is 0. The topological polar surface area (TPSA) is 495 Å². The van der Waals surface area contributed by atoms with Crippen LogP contribution in [0.15, 0.2) is 0 Å². The predicted molar refractivity (Wildman–Crippen MR) is 78.6 cm³/mol. The summed E-state index contributed by atoms with van der Waals surface area (Å²) in [6, 6.07) is 0. The van der Waals surface area contributed by atoms with Gasteiger partial charge >= 0.3 is 29.3 Å². The van der Waals surface area contributed by atoms with Gasteiger partial charge in [-0.05, 0) is 0 Å². The van der Waals surface area contributed by atoms with Crippen molar-refractivity contribution >= 4 is 29.3 Å². The molecular weight excluding hydrogens is 363 g/mol. The van der Waals surface area contributed by atoms with Gasteiger partial charge in [-0.2, -0.15) is 0 Å². The Morgan fingerprint density at radius 1 is 0.208 bits per heavy atom. The van der Waals surface area contributed by atoms with Crippen LogP contribution in [-0.4, -0.2) is 133 Å². The Hall–Kier alpha value is -0.540. The lowest BCUT2D eigenvalue weighted by Crippen LogP contribution is -2.07. The van der Waals surface area contributed by atoms with Crippen molar-refractivity contribution in [2.75, 3.05) is 0 Å². The third-order valence-corrected chi connectivity index (χ3v) is 0. The van der Waals surface area contributed by atoms with Crippen LogP contribution >= 0.6 is 0 Å². The van der Waals surface area contributed by atoms with E-state index in [9.17, 15) is 0 Å². The SMILES string of the molecule is O.O.O.O.O.O.O.O.OB(O)O.OB(O)O.OB(O)O.OB(O)O. The Labute approximate surface area is 134 Å². The van der Waals surface area contributed by atoms with E-state index >= 15 is 0 Å². The number of hydrogen-bond donors (Lipinski definition) is 12. The zero-order valence-electron chi connectivity index (χ0n) is 11.7. The molecule has 0 fully saturated rings. The van der Waals surface area contributed by atoms with Crippen LogP contribution < -0.4 is 0 Å². The molecule has 0 aliphatic rings. The Kier molecular flexibility index (Phi) is 296. The standard InChI is InChI=1S/4BH3O3.8H2O/c4*2-1(3)4;;;;;;;;/h4*2-4H;8*1H2. The summed E-state index contributed by atoms with van der Waals surface area (Å²) in [5.41, 5.74) is 0. The van der Waals surface area contributed by atoms with Gasteiger partial charge in [0.1, 0.15) is 0 Å². The van der Waals surface area contributed by atoms with E-state index in [1.165, 1.54) is 0 Å². The van der Waals surface area contributed by atoms with E-state index in [0.29, 0.717) is 0 Å². The molecule has 24 heteroatoms. The average molecular weight is 391 g/mol. The van der Waals surface area contributed by atoms with Gasteiger partial charge in [0.05, 0.1) is 0 Å². The van der Waals surface area contributed by atoms with Crippen molar-refractivity contribution in [2.45, 2.75) is 0 Å². The minimum Gasteiger partial charge on any atom is -0.412 e. The molecule has 0 rings (SSSR count). The highest BCUT2D eigenvalue weighted by atomic mass is 16.5. The molecule has 0 amide bonds. The molecule has 0 aliphatic heterocycles. The summed E-state index contributed by atoms with van der Waals surface area (Å²) >= 11 is 0. The van der Waals surface area contributed by atoms with Crippen LogP contribution in [0.3, 0.4) is 0 Å². The van der Waals surface area contributed by atoms with Crippen molar-refractivity contribution in [2.24, 2.45) is 0 Å². The van der Waals surface area contributed by atoms with Gasteiger partial charge in [-0.1, -0.05) is 0 Å². The van der Waals surface area contributed by atoms with Gasteiger partial charge in [-0.15, -0.1) is 0 Å². The van der Waals surface area contributed by atoms with Crippen LogP contribution in [0, 0.1) is 0 Å². The summed E-state index contributed by atoms with van der Waals surface area (Å²) in [4.78, 5) is 0. The maximum Gasteiger partial charge on any atom is 0.631 e. The summed E-state index contributed by atoms with van der Waals surface area (Å²) < 4.78 is 0. The summed E-state index contributed by atoms with van der Waals surface area (Å²) in [5, 5.41) is 86.0. The summed E-state index contributed by atoms with van der Waals surface area (Å²) in [6.07, 6.45) is 0. The Balaban J connectivity index is -0.00000000720. The second kappa shape index (κ2) is 78.8. The maximum absolute atomic E-state index is 7.17. The van der Waals surface area contributed by atoms with Crippen LogP contribution in [0.5, 0.6) is 0 Å². The normalized spacial score (nSPS) is 4.50. The maximum atomic E-state index is 7.17. The Morgan fingerprint density at radius 3 is 0.208 bits per heavy atom. The van der Waals surface area contributed by atoms with Crippen LogP contribution in [0.2, 0.25) is 0 Å². The molecule has 28 N–H and O–H groups in total. The first-order valence-electron chi connectivity index (χ1n) is 3.10. The van der Waals surface area contributed by atoms with E-state index in [0.717, 1.165) is 0 Å². The minimum absolute atomic E-state index is 0. The van der Waals surface area contributed by atoms with Crippen molar-refractivity contribution in [1.82, 2.24) is 0 Å². The molecule has 0 bridgehead atoms. The molecule has 0 saturated heterocycles. The molecule has 0 atom stereocenters. The molecule has 0 aromatic rings. The van der Waals surface area contributed by atoms with Crippen molar-refractivity contribution in [1.29, 1.82) is 0 Å². The lowest BCUT2D eigenvalue weighted by molar-refractivity contribution is 0.276. The molecule has 0 unspecified atom stereocenters. The van der Waals surface area contributed by atoms with Gasteiger partial charge < -0.3 is 104 Å². The van der Waals surface area contributed by atoms with E-state index < -0.39 is 29.3 Å². The largest absolute Gasteiger partial charge is 0.631 e. The number of rotatable bonds is 0. The van der Waals surface area contributed by atoms with Gasteiger partial charge in [-0.3, -0.25) is 0 Å². The second-order valence-corrected chi connectivity index (χ2v) is 1.39. The van der Waals surface area contributed by atoms with Crippen molar-refractivity contribution in [3.8, 4) is 0 Å². The monoisotopic (exact) mass is 392 g/mol. The summed E-state index contributed by atoms with van der Waals surface area (Å²) in [5.74, 6) is 0. The highest BCUT2D eigenvalue weighted by Gasteiger charge is 1.93. The van der Waals surface area contributed by atoms with E-state index in [4.69, 9.17) is 60.3 Å². The fraction of sp³-hybridized carbons (Fsp3) is 0. The Morgan fingerprint density at radius 2 is 0.208 bits per heavy atom. The smallest absolute Gasteiger partial charge is 0.412 e. The molecule has 0 radical (unpaired) electrons. The van der Waals surface area contributed by atoms with E-state index in [-0.39, 0.29) is 43.8 Å². The predicted octanol–water partition coefficient (Wildman–Crippen LogP) is -14.8. The lowest BCUT2D eigenvalue weighted by atomic mass is 10.3. The molecule has 0 heterocycles. The molecule has 20 nitrogen and oxygen atoms in total. The third kappa shape index (κ3) is 30800. The van der Waals surface area contributed by atoms with Crippen molar-refractivity contribution in [3.63, 3.8) is 0 Å².